The summed E-state index contributed by atoms with van der Waals surface area (Å²) in [5.74, 6) is 0.451. The third kappa shape index (κ3) is 3.85. The molecule has 0 radical (unpaired) electrons. The summed E-state index contributed by atoms with van der Waals surface area (Å²) in [6, 6.07) is 14.7. The molecule has 0 bridgehead atoms. The Bertz CT molecular complexity index is 1090. The van der Waals surface area contributed by atoms with E-state index in [1.165, 1.54) is 0 Å². The van der Waals surface area contributed by atoms with Crippen molar-refractivity contribution in [2.45, 2.75) is 19.9 Å². The van der Waals surface area contributed by atoms with Crippen molar-refractivity contribution in [3.63, 3.8) is 0 Å². The van der Waals surface area contributed by atoms with Gasteiger partial charge in [-0.25, -0.2) is 4.98 Å². The SMILES string of the molecule is CCCn1c(=O)c(N2CCN(C(=O)c3ccc(Cl)cc3)CC2)nc2ccccc21. The van der Waals surface area contributed by atoms with Crippen LogP contribution in [-0.2, 0) is 6.54 Å². The molecule has 1 saturated heterocycles. The summed E-state index contributed by atoms with van der Waals surface area (Å²) in [6.07, 6.45) is 0.872. The zero-order valence-corrected chi connectivity index (χ0v) is 17.1. The van der Waals surface area contributed by atoms with Gasteiger partial charge in [0.1, 0.15) is 0 Å². The maximum atomic E-state index is 13.1. The summed E-state index contributed by atoms with van der Waals surface area (Å²) in [4.78, 5) is 34.3. The Kier molecular flexibility index (Phi) is 5.53. The second-order valence-corrected chi connectivity index (χ2v) is 7.60. The van der Waals surface area contributed by atoms with E-state index in [0.717, 1.165) is 17.5 Å². The van der Waals surface area contributed by atoms with Crippen molar-refractivity contribution < 1.29 is 4.79 Å². The Morgan fingerprint density at radius 2 is 1.72 bits per heavy atom. The summed E-state index contributed by atoms with van der Waals surface area (Å²) >= 11 is 5.91. The average Bonchev–Trinajstić information content (AvgIpc) is 2.76. The smallest absolute Gasteiger partial charge is 0.294 e. The molecule has 0 aliphatic carbocycles. The summed E-state index contributed by atoms with van der Waals surface area (Å²) in [6.45, 7) is 4.96. The third-order valence-electron chi connectivity index (χ3n) is 5.24. The molecule has 29 heavy (non-hydrogen) atoms. The van der Waals surface area contributed by atoms with Gasteiger partial charge in [0.15, 0.2) is 5.82 Å². The highest BCUT2D eigenvalue weighted by atomic mass is 35.5. The van der Waals surface area contributed by atoms with Crippen molar-refractivity contribution >= 4 is 34.4 Å². The maximum absolute atomic E-state index is 13.1. The molecule has 150 valence electrons. The molecule has 7 heteroatoms. The molecule has 2 heterocycles. The highest BCUT2D eigenvalue weighted by Gasteiger charge is 2.25. The van der Waals surface area contributed by atoms with Gasteiger partial charge in [-0.3, -0.25) is 9.59 Å². The van der Waals surface area contributed by atoms with Crippen LogP contribution in [0.5, 0.6) is 0 Å². The number of hydrogen-bond acceptors (Lipinski definition) is 4. The van der Waals surface area contributed by atoms with Crippen LogP contribution in [0.2, 0.25) is 5.02 Å². The van der Waals surface area contributed by atoms with Gasteiger partial charge in [-0.15, -0.1) is 0 Å². The van der Waals surface area contributed by atoms with Gasteiger partial charge in [0.2, 0.25) is 0 Å². The molecule has 0 unspecified atom stereocenters. The van der Waals surface area contributed by atoms with Gasteiger partial charge in [0.25, 0.3) is 11.5 Å². The van der Waals surface area contributed by atoms with E-state index in [9.17, 15) is 9.59 Å². The summed E-state index contributed by atoms with van der Waals surface area (Å²) in [7, 11) is 0. The van der Waals surface area contributed by atoms with E-state index >= 15 is 0 Å². The number of benzene rings is 2. The molecular formula is C22H23ClN4O2. The first-order valence-electron chi connectivity index (χ1n) is 9.88. The van der Waals surface area contributed by atoms with Crippen molar-refractivity contribution in [1.82, 2.24) is 14.5 Å². The molecule has 3 aromatic rings. The highest BCUT2D eigenvalue weighted by molar-refractivity contribution is 6.30. The van der Waals surface area contributed by atoms with Crippen LogP contribution in [0.3, 0.4) is 0 Å². The number of piperazine rings is 1. The van der Waals surface area contributed by atoms with Gasteiger partial charge in [0.05, 0.1) is 11.0 Å². The van der Waals surface area contributed by atoms with Crippen molar-refractivity contribution in [1.29, 1.82) is 0 Å². The number of aromatic nitrogens is 2. The van der Waals surface area contributed by atoms with Gasteiger partial charge in [-0.05, 0) is 42.8 Å². The monoisotopic (exact) mass is 410 g/mol. The lowest BCUT2D eigenvalue weighted by molar-refractivity contribution is 0.0746. The number of hydrogen-bond donors (Lipinski definition) is 0. The van der Waals surface area contributed by atoms with E-state index in [-0.39, 0.29) is 11.5 Å². The predicted octanol–water partition coefficient (Wildman–Crippen LogP) is 3.42. The zero-order chi connectivity index (χ0) is 20.4. The Morgan fingerprint density at radius 1 is 1.03 bits per heavy atom. The van der Waals surface area contributed by atoms with Gasteiger partial charge in [-0.2, -0.15) is 0 Å². The number of nitrogens with zero attached hydrogens (tertiary/aromatic N) is 4. The molecule has 1 amide bonds. The molecule has 0 saturated carbocycles. The summed E-state index contributed by atoms with van der Waals surface area (Å²) in [5.41, 5.74) is 2.23. The lowest BCUT2D eigenvalue weighted by atomic mass is 10.2. The second kappa shape index (κ2) is 8.25. The largest absolute Gasteiger partial charge is 0.348 e. The first kappa shape index (κ1) is 19.5. The van der Waals surface area contributed by atoms with Crippen LogP contribution in [0.4, 0.5) is 5.82 Å². The Labute approximate surface area is 174 Å². The number of para-hydroxylation sites is 2. The van der Waals surface area contributed by atoms with Crippen molar-refractivity contribution in [2.75, 3.05) is 31.1 Å². The van der Waals surface area contributed by atoms with Crippen molar-refractivity contribution in [2.24, 2.45) is 0 Å². The number of halogens is 1. The van der Waals surface area contributed by atoms with E-state index in [4.69, 9.17) is 11.6 Å². The van der Waals surface area contributed by atoms with Crippen LogP contribution in [0.1, 0.15) is 23.7 Å². The quantitative estimate of drug-likeness (QED) is 0.661. The second-order valence-electron chi connectivity index (χ2n) is 7.17. The molecule has 6 nitrogen and oxygen atoms in total. The minimum atomic E-state index is -0.0666. The van der Waals surface area contributed by atoms with Crippen LogP contribution in [0.25, 0.3) is 11.0 Å². The predicted molar refractivity (Wildman–Crippen MR) is 116 cm³/mol. The molecule has 1 aliphatic heterocycles. The van der Waals surface area contributed by atoms with E-state index in [1.54, 1.807) is 24.3 Å². The van der Waals surface area contributed by atoms with E-state index in [2.05, 4.69) is 11.9 Å². The van der Waals surface area contributed by atoms with Gasteiger partial charge >= 0.3 is 0 Å². The Hall–Kier alpha value is -2.86. The Morgan fingerprint density at radius 3 is 2.41 bits per heavy atom. The maximum Gasteiger partial charge on any atom is 0.294 e. The van der Waals surface area contributed by atoms with Crippen LogP contribution in [0, 0.1) is 0 Å². The van der Waals surface area contributed by atoms with Gasteiger partial charge < -0.3 is 14.4 Å². The fraction of sp³-hybridized carbons (Fsp3) is 0.318. The number of amides is 1. The first-order valence-corrected chi connectivity index (χ1v) is 10.3. The molecule has 2 aromatic carbocycles. The molecule has 1 fully saturated rings. The fourth-order valence-electron chi connectivity index (χ4n) is 3.73. The zero-order valence-electron chi connectivity index (χ0n) is 16.3. The number of fused-ring (bicyclic) bond motifs is 1. The van der Waals surface area contributed by atoms with Crippen LogP contribution < -0.4 is 10.5 Å². The molecule has 0 spiro atoms. The van der Waals surface area contributed by atoms with E-state index in [0.29, 0.717) is 49.1 Å². The highest BCUT2D eigenvalue weighted by Crippen LogP contribution is 2.18. The van der Waals surface area contributed by atoms with E-state index < -0.39 is 0 Å². The fourth-order valence-corrected chi connectivity index (χ4v) is 3.85. The standard InChI is InChI=1S/C22H23ClN4O2/c1-2-11-27-19-6-4-3-5-18(19)24-20(22(27)29)25-12-14-26(15-13-25)21(28)16-7-9-17(23)10-8-16/h3-10H,2,11-15H2,1H3. The minimum absolute atomic E-state index is 0.0174. The minimum Gasteiger partial charge on any atom is -0.348 e. The summed E-state index contributed by atoms with van der Waals surface area (Å²) < 4.78 is 1.81. The van der Waals surface area contributed by atoms with Crippen LogP contribution in [0.15, 0.2) is 53.3 Å². The van der Waals surface area contributed by atoms with Gasteiger partial charge in [-0.1, -0.05) is 30.7 Å². The normalized spacial score (nSPS) is 14.4. The lowest BCUT2D eigenvalue weighted by Crippen LogP contribution is -2.50. The number of anilines is 1. The van der Waals surface area contributed by atoms with Crippen molar-refractivity contribution in [3.05, 3.63) is 69.5 Å². The average molecular weight is 411 g/mol. The van der Waals surface area contributed by atoms with Crippen LogP contribution >= 0.6 is 11.6 Å². The summed E-state index contributed by atoms with van der Waals surface area (Å²) in [5, 5.41) is 0.608. The van der Waals surface area contributed by atoms with Gasteiger partial charge in [0, 0.05) is 43.3 Å². The lowest BCUT2D eigenvalue weighted by Gasteiger charge is -2.35. The molecule has 1 aliphatic rings. The van der Waals surface area contributed by atoms with Crippen molar-refractivity contribution in [3.8, 4) is 0 Å². The number of carbonyl (C=O) groups is 1. The number of aryl methyl sites for hydroxylation is 1. The number of rotatable bonds is 4. The molecule has 0 atom stereocenters. The topological polar surface area (TPSA) is 58.4 Å². The molecule has 0 N–H and O–H groups in total. The van der Waals surface area contributed by atoms with E-state index in [1.807, 2.05) is 38.6 Å². The first-order chi connectivity index (χ1) is 14.1. The molecular weight excluding hydrogens is 388 g/mol. The van der Waals surface area contributed by atoms with Crippen LogP contribution in [-0.4, -0.2) is 46.5 Å². The molecule has 4 rings (SSSR count). The molecule has 1 aromatic heterocycles. The third-order valence-corrected chi connectivity index (χ3v) is 5.49. The Balaban J connectivity index is 1.56. The number of carbonyl (C=O) groups excluding carboxylic acids is 1.